The minimum atomic E-state index is -0.484. The third kappa shape index (κ3) is 3.45. The highest BCUT2D eigenvalue weighted by Gasteiger charge is 2.14. The van der Waals surface area contributed by atoms with Crippen molar-refractivity contribution in [3.63, 3.8) is 0 Å². The fourth-order valence-corrected chi connectivity index (χ4v) is 2.15. The van der Waals surface area contributed by atoms with Crippen molar-refractivity contribution in [2.75, 3.05) is 5.32 Å². The van der Waals surface area contributed by atoms with Gasteiger partial charge in [-0.05, 0) is 12.0 Å². The van der Waals surface area contributed by atoms with Crippen LogP contribution in [0.4, 0.5) is 11.5 Å². The molecule has 1 aromatic carbocycles. The number of rotatable bonds is 5. The first kappa shape index (κ1) is 14.3. The van der Waals surface area contributed by atoms with E-state index in [1.54, 1.807) is 0 Å². The van der Waals surface area contributed by atoms with E-state index in [9.17, 15) is 10.1 Å². The molecule has 104 valence electrons. The van der Waals surface area contributed by atoms with Gasteiger partial charge in [0.25, 0.3) is 5.69 Å². The molecule has 0 saturated carbocycles. The normalized spacial score (nSPS) is 11.9. The molecule has 0 aliphatic heterocycles. The number of halogens is 1. The molecule has 1 heterocycles. The van der Waals surface area contributed by atoms with Crippen LogP contribution in [-0.2, 0) is 0 Å². The lowest BCUT2D eigenvalue weighted by molar-refractivity contribution is -0.384. The quantitative estimate of drug-likeness (QED) is 0.509. The number of nitrogens with one attached hydrogen (secondary N) is 1. The highest BCUT2D eigenvalue weighted by Crippen LogP contribution is 2.25. The van der Waals surface area contributed by atoms with Gasteiger partial charge in [-0.2, -0.15) is 0 Å². The lowest BCUT2D eigenvalue weighted by Gasteiger charge is -2.18. The summed E-state index contributed by atoms with van der Waals surface area (Å²) in [5.41, 5.74) is 1.02. The van der Waals surface area contributed by atoms with Crippen molar-refractivity contribution in [1.29, 1.82) is 0 Å². The molecule has 0 radical (unpaired) electrons. The number of nitrogens with zero attached hydrogens (tertiary/aromatic N) is 2. The third-order valence-corrected chi connectivity index (χ3v) is 3.12. The van der Waals surface area contributed by atoms with Gasteiger partial charge in [0.05, 0.1) is 23.1 Å². The van der Waals surface area contributed by atoms with Gasteiger partial charge in [-0.25, -0.2) is 4.98 Å². The summed E-state index contributed by atoms with van der Waals surface area (Å²) in [4.78, 5) is 14.4. The maximum absolute atomic E-state index is 10.8. The van der Waals surface area contributed by atoms with Crippen molar-refractivity contribution >= 4 is 23.1 Å². The van der Waals surface area contributed by atoms with Gasteiger partial charge >= 0.3 is 0 Å². The minimum Gasteiger partial charge on any atom is -0.363 e. The molecule has 5 nitrogen and oxygen atoms in total. The smallest absolute Gasteiger partial charge is 0.276 e. The van der Waals surface area contributed by atoms with Crippen molar-refractivity contribution in [2.45, 2.75) is 19.4 Å². The zero-order chi connectivity index (χ0) is 14.5. The molecule has 1 N–H and O–H groups in total. The first-order chi connectivity index (χ1) is 9.60. The van der Waals surface area contributed by atoms with Crippen molar-refractivity contribution in [2.24, 2.45) is 0 Å². The highest BCUT2D eigenvalue weighted by atomic mass is 35.5. The van der Waals surface area contributed by atoms with Crippen LogP contribution in [0.2, 0.25) is 5.15 Å². The molecule has 1 unspecified atom stereocenters. The second-order valence-electron chi connectivity index (χ2n) is 4.31. The van der Waals surface area contributed by atoms with E-state index in [-0.39, 0.29) is 16.9 Å². The van der Waals surface area contributed by atoms with E-state index < -0.39 is 4.92 Å². The number of hydrogen-bond donors (Lipinski definition) is 1. The zero-order valence-corrected chi connectivity index (χ0v) is 11.7. The number of pyridine rings is 1. The predicted octanol–water partition coefficient (Wildman–Crippen LogP) is 4.21. The largest absolute Gasteiger partial charge is 0.363 e. The monoisotopic (exact) mass is 291 g/mol. The van der Waals surface area contributed by atoms with E-state index in [2.05, 4.69) is 10.3 Å². The van der Waals surface area contributed by atoms with Crippen LogP contribution in [0.3, 0.4) is 0 Å². The van der Waals surface area contributed by atoms with E-state index in [0.29, 0.717) is 5.82 Å². The van der Waals surface area contributed by atoms with Crippen LogP contribution in [-0.4, -0.2) is 9.91 Å². The molecule has 0 aliphatic carbocycles. The number of aromatic nitrogens is 1. The van der Waals surface area contributed by atoms with Gasteiger partial charge in [0.2, 0.25) is 0 Å². The van der Waals surface area contributed by atoms with Gasteiger partial charge < -0.3 is 5.32 Å². The fourth-order valence-electron chi connectivity index (χ4n) is 1.95. The molecule has 2 rings (SSSR count). The standard InChI is InChI=1S/C14H14ClN3O2/c1-2-12(10-6-4-3-5-7-10)16-14-9-11(18(19)20)8-13(15)17-14/h3-9,12H,2H2,1H3,(H,16,17). The topological polar surface area (TPSA) is 68.1 Å². The second kappa shape index (κ2) is 6.34. The van der Waals surface area contributed by atoms with Crippen LogP contribution >= 0.6 is 11.6 Å². The molecule has 0 aliphatic rings. The molecule has 6 heteroatoms. The molecule has 1 atom stereocenters. The molecular formula is C14H14ClN3O2. The summed E-state index contributed by atoms with van der Waals surface area (Å²) >= 11 is 5.81. The van der Waals surface area contributed by atoms with Gasteiger partial charge in [-0.15, -0.1) is 0 Å². The summed E-state index contributed by atoms with van der Waals surface area (Å²) in [6.07, 6.45) is 0.825. The van der Waals surface area contributed by atoms with Crippen LogP contribution in [0.1, 0.15) is 24.9 Å². The number of benzene rings is 1. The van der Waals surface area contributed by atoms with Gasteiger partial charge in [0.15, 0.2) is 0 Å². The molecule has 0 saturated heterocycles. The van der Waals surface area contributed by atoms with Crippen molar-refractivity contribution < 1.29 is 4.92 Å². The molecule has 20 heavy (non-hydrogen) atoms. The van der Waals surface area contributed by atoms with Crippen molar-refractivity contribution in [3.8, 4) is 0 Å². The molecule has 0 fully saturated rings. The Morgan fingerprint density at radius 1 is 1.35 bits per heavy atom. The SMILES string of the molecule is CCC(Nc1cc([N+](=O)[O-])cc(Cl)n1)c1ccccc1. The zero-order valence-electron chi connectivity index (χ0n) is 10.9. The van der Waals surface area contributed by atoms with Gasteiger partial charge in [0.1, 0.15) is 11.0 Å². The third-order valence-electron chi connectivity index (χ3n) is 2.92. The van der Waals surface area contributed by atoms with Crippen LogP contribution in [0.5, 0.6) is 0 Å². The molecule has 0 amide bonds. The Labute approximate surface area is 121 Å². The first-order valence-electron chi connectivity index (χ1n) is 6.23. The van der Waals surface area contributed by atoms with E-state index in [0.717, 1.165) is 12.0 Å². The number of hydrogen-bond acceptors (Lipinski definition) is 4. The van der Waals surface area contributed by atoms with E-state index >= 15 is 0 Å². The first-order valence-corrected chi connectivity index (χ1v) is 6.61. The van der Waals surface area contributed by atoms with Crippen LogP contribution in [0, 0.1) is 10.1 Å². The van der Waals surface area contributed by atoms with E-state index in [1.165, 1.54) is 12.1 Å². The highest BCUT2D eigenvalue weighted by molar-refractivity contribution is 6.29. The minimum absolute atomic E-state index is 0.0294. The molecule has 1 aromatic heterocycles. The Kier molecular flexibility index (Phi) is 4.53. The maximum Gasteiger partial charge on any atom is 0.276 e. The Bertz CT molecular complexity index is 605. The fraction of sp³-hybridized carbons (Fsp3) is 0.214. The van der Waals surface area contributed by atoms with Crippen molar-refractivity contribution in [1.82, 2.24) is 4.98 Å². The second-order valence-corrected chi connectivity index (χ2v) is 4.69. The van der Waals surface area contributed by atoms with Gasteiger partial charge in [0, 0.05) is 0 Å². The Morgan fingerprint density at radius 2 is 2.05 bits per heavy atom. The summed E-state index contributed by atoms with van der Waals surface area (Å²) < 4.78 is 0. The summed E-state index contributed by atoms with van der Waals surface area (Å²) in [7, 11) is 0. The molecular weight excluding hydrogens is 278 g/mol. The summed E-state index contributed by atoms with van der Waals surface area (Å²) in [5, 5.41) is 14.1. The average Bonchev–Trinajstić information content (AvgIpc) is 2.45. The average molecular weight is 292 g/mol. The Balaban J connectivity index is 2.26. The van der Waals surface area contributed by atoms with Crippen molar-refractivity contribution in [3.05, 3.63) is 63.3 Å². The molecule has 0 spiro atoms. The summed E-state index contributed by atoms with van der Waals surface area (Å²) in [6, 6.07) is 12.5. The lowest BCUT2D eigenvalue weighted by Crippen LogP contribution is -2.11. The summed E-state index contributed by atoms with van der Waals surface area (Å²) in [5.74, 6) is 0.403. The van der Waals surface area contributed by atoms with Crippen LogP contribution < -0.4 is 5.32 Å². The van der Waals surface area contributed by atoms with Gasteiger partial charge in [-0.1, -0.05) is 48.9 Å². The molecule has 2 aromatic rings. The van der Waals surface area contributed by atoms with Gasteiger partial charge in [-0.3, -0.25) is 10.1 Å². The molecule has 0 bridgehead atoms. The van der Waals surface area contributed by atoms with Crippen LogP contribution in [0.25, 0.3) is 0 Å². The number of anilines is 1. The van der Waals surface area contributed by atoms with Crippen LogP contribution in [0.15, 0.2) is 42.5 Å². The lowest BCUT2D eigenvalue weighted by atomic mass is 10.0. The predicted molar refractivity (Wildman–Crippen MR) is 79.0 cm³/mol. The Hall–Kier alpha value is -2.14. The maximum atomic E-state index is 10.8. The summed E-state index contributed by atoms with van der Waals surface area (Å²) in [6.45, 7) is 2.03. The van der Waals surface area contributed by atoms with E-state index in [1.807, 2.05) is 37.3 Å². The number of nitro groups is 1. The Morgan fingerprint density at radius 3 is 2.65 bits per heavy atom. The van der Waals surface area contributed by atoms with E-state index in [4.69, 9.17) is 11.6 Å².